The van der Waals surface area contributed by atoms with Crippen LogP contribution in [0.1, 0.15) is 252 Å². The fourth-order valence-corrected chi connectivity index (χ4v) is 7.66. The van der Waals surface area contributed by atoms with Gasteiger partial charge in [-0.1, -0.05) is 259 Å². The smallest absolute Gasteiger partial charge is 0.306 e. The zero-order valence-corrected chi connectivity index (χ0v) is 44.8. The van der Waals surface area contributed by atoms with E-state index in [0.717, 1.165) is 122 Å². The fourth-order valence-electron chi connectivity index (χ4n) is 7.66. The molecule has 0 N–H and O–H groups in total. The SMILES string of the molecule is CC\C=C/C=C\C=C/C=C\CCCCCCCC(=O)OCC(COC(=O)CCCCC/C=C\C/C=C\C/C=C\C/C=C\C/C=C\CC)OC(=O)CCCCCCCCCCCCCCCCCCC. The summed E-state index contributed by atoms with van der Waals surface area (Å²) in [5, 5.41) is 0. The molecule has 6 heteroatoms. The van der Waals surface area contributed by atoms with Gasteiger partial charge in [0, 0.05) is 19.3 Å². The Morgan fingerprint density at radius 2 is 0.638 bits per heavy atom. The lowest BCUT2D eigenvalue weighted by atomic mass is 10.0. The molecular weight excluding hydrogens is 853 g/mol. The summed E-state index contributed by atoms with van der Waals surface area (Å²) in [6.07, 6.45) is 76.5. The Kier molecular flexibility index (Phi) is 53.4. The summed E-state index contributed by atoms with van der Waals surface area (Å²) in [5.74, 6) is -0.951. The highest BCUT2D eigenvalue weighted by atomic mass is 16.6. The second-order valence-corrected chi connectivity index (χ2v) is 18.5. The molecule has 0 aromatic carbocycles. The first kappa shape index (κ1) is 65.1. The predicted octanol–water partition coefficient (Wildman–Crippen LogP) is 19.1. The summed E-state index contributed by atoms with van der Waals surface area (Å²) in [6, 6.07) is 0. The van der Waals surface area contributed by atoms with Gasteiger partial charge in [0.05, 0.1) is 0 Å². The molecule has 0 bridgehead atoms. The van der Waals surface area contributed by atoms with E-state index in [1.807, 2.05) is 18.2 Å². The maximum atomic E-state index is 12.9. The van der Waals surface area contributed by atoms with Crippen molar-refractivity contribution in [3.8, 4) is 0 Å². The van der Waals surface area contributed by atoms with Gasteiger partial charge in [-0.2, -0.15) is 0 Å². The minimum atomic E-state index is -0.802. The predicted molar refractivity (Wildman–Crippen MR) is 297 cm³/mol. The summed E-state index contributed by atoms with van der Waals surface area (Å²) in [5.41, 5.74) is 0. The molecule has 1 atom stereocenters. The number of carbonyl (C=O) groups is 3. The Hall–Kier alpha value is -3.93. The molecule has 69 heavy (non-hydrogen) atoms. The summed E-state index contributed by atoms with van der Waals surface area (Å²) >= 11 is 0. The molecule has 0 spiro atoms. The lowest BCUT2D eigenvalue weighted by Gasteiger charge is -2.18. The number of allylic oxidation sites excluding steroid dienone is 18. The number of unbranched alkanes of at least 4 members (excludes halogenated alkanes) is 24. The van der Waals surface area contributed by atoms with Crippen molar-refractivity contribution in [1.29, 1.82) is 0 Å². The van der Waals surface area contributed by atoms with Crippen LogP contribution in [0, 0.1) is 0 Å². The van der Waals surface area contributed by atoms with Crippen LogP contribution in [0.5, 0.6) is 0 Å². The van der Waals surface area contributed by atoms with Crippen molar-refractivity contribution < 1.29 is 28.6 Å². The van der Waals surface area contributed by atoms with E-state index in [9.17, 15) is 14.4 Å². The van der Waals surface area contributed by atoms with Gasteiger partial charge in [-0.3, -0.25) is 14.4 Å². The second kappa shape index (κ2) is 56.7. The van der Waals surface area contributed by atoms with Crippen molar-refractivity contribution in [1.82, 2.24) is 0 Å². The molecule has 0 saturated carbocycles. The first-order valence-electron chi connectivity index (χ1n) is 28.4. The van der Waals surface area contributed by atoms with Crippen LogP contribution in [0.4, 0.5) is 0 Å². The molecule has 0 aliphatic carbocycles. The number of esters is 3. The summed E-state index contributed by atoms with van der Waals surface area (Å²) in [6.45, 7) is 6.35. The first-order valence-corrected chi connectivity index (χ1v) is 28.4. The van der Waals surface area contributed by atoms with E-state index in [1.165, 1.54) is 89.9 Å². The highest BCUT2D eigenvalue weighted by Crippen LogP contribution is 2.16. The van der Waals surface area contributed by atoms with Crippen LogP contribution in [-0.2, 0) is 28.6 Å². The van der Waals surface area contributed by atoms with Gasteiger partial charge in [-0.25, -0.2) is 0 Å². The van der Waals surface area contributed by atoms with Gasteiger partial charge in [0.25, 0.3) is 0 Å². The second-order valence-electron chi connectivity index (χ2n) is 18.5. The third kappa shape index (κ3) is 54.9. The molecular formula is C63H104O6. The number of hydrogen-bond acceptors (Lipinski definition) is 6. The lowest BCUT2D eigenvalue weighted by molar-refractivity contribution is -0.167. The molecule has 0 heterocycles. The minimum absolute atomic E-state index is 0.101. The van der Waals surface area contributed by atoms with Crippen LogP contribution in [0.15, 0.2) is 109 Å². The van der Waals surface area contributed by atoms with Crippen LogP contribution in [0.2, 0.25) is 0 Å². The van der Waals surface area contributed by atoms with Crippen LogP contribution >= 0.6 is 0 Å². The molecule has 0 aromatic heterocycles. The van der Waals surface area contributed by atoms with Gasteiger partial charge in [0.1, 0.15) is 13.2 Å². The molecule has 0 aromatic rings. The van der Waals surface area contributed by atoms with Gasteiger partial charge >= 0.3 is 17.9 Å². The molecule has 0 aliphatic rings. The Morgan fingerprint density at radius 3 is 1.07 bits per heavy atom. The molecule has 0 radical (unpaired) electrons. The van der Waals surface area contributed by atoms with Crippen molar-refractivity contribution in [2.45, 2.75) is 258 Å². The van der Waals surface area contributed by atoms with E-state index in [-0.39, 0.29) is 31.1 Å². The van der Waals surface area contributed by atoms with Crippen molar-refractivity contribution >= 4 is 17.9 Å². The van der Waals surface area contributed by atoms with Crippen molar-refractivity contribution in [2.24, 2.45) is 0 Å². The van der Waals surface area contributed by atoms with Gasteiger partial charge in [-0.05, 0) is 83.5 Å². The van der Waals surface area contributed by atoms with Gasteiger partial charge in [0.15, 0.2) is 6.10 Å². The summed E-state index contributed by atoms with van der Waals surface area (Å²) < 4.78 is 16.8. The first-order chi connectivity index (χ1) is 34.0. The maximum Gasteiger partial charge on any atom is 0.306 e. The highest BCUT2D eigenvalue weighted by Gasteiger charge is 2.19. The molecule has 6 nitrogen and oxygen atoms in total. The third-order valence-corrected chi connectivity index (χ3v) is 11.9. The van der Waals surface area contributed by atoms with Gasteiger partial charge < -0.3 is 14.2 Å². The lowest BCUT2D eigenvalue weighted by Crippen LogP contribution is -2.30. The highest BCUT2D eigenvalue weighted by molar-refractivity contribution is 5.71. The number of hydrogen-bond donors (Lipinski definition) is 0. The van der Waals surface area contributed by atoms with E-state index in [1.54, 1.807) is 0 Å². The van der Waals surface area contributed by atoms with Gasteiger partial charge in [0.2, 0.25) is 0 Å². The van der Waals surface area contributed by atoms with E-state index in [2.05, 4.69) is 112 Å². The molecule has 0 rings (SSSR count). The Morgan fingerprint density at radius 1 is 0.319 bits per heavy atom. The molecule has 0 aliphatic heterocycles. The third-order valence-electron chi connectivity index (χ3n) is 11.9. The molecule has 0 fully saturated rings. The maximum absolute atomic E-state index is 12.9. The largest absolute Gasteiger partial charge is 0.462 e. The quantitative estimate of drug-likeness (QED) is 0.0199. The van der Waals surface area contributed by atoms with Gasteiger partial charge in [-0.15, -0.1) is 0 Å². The average Bonchev–Trinajstić information content (AvgIpc) is 3.35. The Balaban J connectivity index is 4.48. The normalized spacial score (nSPS) is 12.9. The molecule has 392 valence electrons. The van der Waals surface area contributed by atoms with Crippen LogP contribution in [-0.4, -0.2) is 37.2 Å². The van der Waals surface area contributed by atoms with E-state index < -0.39 is 6.10 Å². The van der Waals surface area contributed by atoms with Crippen molar-refractivity contribution in [3.63, 3.8) is 0 Å². The van der Waals surface area contributed by atoms with Crippen LogP contribution in [0.25, 0.3) is 0 Å². The number of ether oxygens (including phenoxy) is 3. The summed E-state index contributed by atoms with van der Waals surface area (Å²) in [4.78, 5) is 38.2. The van der Waals surface area contributed by atoms with Crippen molar-refractivity contribution in [3.05, 3.63) is 109 Å². The summed E-state index contributed by atoms with van der Waals surface area (Å²) in [7, 11) is 0. The van der Waals surface area contributed by atoms with Crippen molar-refractivity contribution in [2.75, 3.05) is 13.2 Å². The van der Waals surface area contributed by atoms with E-state index in [0.29, 0.717) is 19.3 Å². The standard InChI is InChI=1S/C63H104O6/c1-4-7-10-13-16-19-22-25-28-30-31-33-35-38-41-44-47-50-53-56-62(65)68-59-60(58-67-61(64)55-52-49-46-43-40-37-34-27-24-21-18-15-12-9-6-3)69-63(66)57-54-51-48-45-42-39-36-32-29-26-23-20-17-14-11-8-5-2/h7,9-10,12,15-16,18-19,21,24-25,27-28,31,33-34,38,41,60H,4-6,8,11,13-14,17,20,22-23,26,29-30,32,35-37,39-40,42-59H2,1-3H3/b10-7-,12-9-,18-15-,19-16-,24-21-,28-25-,33-31-,34-27-,41-38-. The number of carbonyl (C=O) groups excluding carboxylic acids is 3. The average molecular weight is 958 g/mol. The van der Waals surface area contributed by atoms with E-state index >= 15 is 0 Å². The minimum Gasteiger partial charge on any atom is -0.462 e. The van der Waals surface area contributed by atoms with Crippen LogP contribution < -0.4 is 0 Å². The Bertz CT molecular complexity index is 1420. The molecule has 0 saturated heterocycles. The molecule has 0 amide bonds. The monoisotopic (exact) mass is 957 g/mol. The molecule has 1 unspecified atom stereocenters. The Labute approximate surface area is 425 Å². The van der Waals surface area contributed by atoms with E-state index in [4.69, 9.17) is 14.2 Å². The van der Waals surface area contributed by atoms with Crippen LogP contribution in [0.3, 0.4) is 0 Å². The zero-order valence-electron chi connectivity index (χ0n) is 44.8. The topological polar surface area (TPSA) is 78.9 Å². The zero-order chi connectivity index (χ0) is 50.0. The fraction of sp³-hybridized carbons (Fsp3) is 0.667. The number of rotatable bonds is 50.